The summed E-state index contributed by atoms with van der Waals surface area (Å²) in [5.41, 5.74) is 8.67. The number of hydrogen-bond acceptors (Lipinski definition) is 4. The molecule has 0 bridgehead atoms. The van der Waals surface area contributed by atoms with Crippen molar-refractivity contribution in [2.75, 3.05) is 5.73 Å². The smallest absolute Gasteiger partial charge is 0.202 e. The summed E-state index contributed by atoms with van der Waals surface area (Å²) in [7, 11) is 0. The number of pyridine rings is 1. The Kier molecular flexibility index (Phi) is 2.98. The van der Waals surface area contributed by atoms with Gasteiger partial charge in [-0.1, -0.05) is 0 Å². The van der Waals surface area contributed by atoms with E-state index in [1.807, 2.05) is 34.6 Å². The molecule has 3 aromatic rings. The van der Waals surface area contributed by atoms with Crippen molar-refractivity contribution in [3.8, 4) is 0 Å². The summed E-state index contributed by atoms with van der Waals surface area (Å²) in [6, 6.07) is 1.91. The maximum atomic E-state index is 5.94. The molecule has 0 fully saturated rings. The van der Waals surface area contributed by atoms with E-state index in [9.17, 15) is 0 Å². The maximum Gasteiger partial charge on any atom is 0.202 e. The van der Waals surface area contributed by atoms with Gasteiger partial charge in [0, 0.05) is 23.4 Å². The average molecular weight is 321 g/mol. The van der Waals surface area contributed by atoms with Crippen LogP contribution >= 0.6 is 15.9 Å². The third-order valence-electron chi connectivity index (χ3n) is 2.90. The molecule has 0 spiro atoms. The highest BCUT2D eigenvalue weighted by molar-refractivity contribution is 9.10. The first-order valence-corrected chi connectivity index (χ1v) is 6.69. The fourth-order valence-electron chi connectivity index (χ4n) is 2.02. The highest BCUT2D eigenvalue weighted by Crippen LogP contribution is 2.19. The molecular weight excluding hydrogens is 308 g/mol. The fourth-order valence-corrected chi connectivity index (χ4v) is 2.34. The van der Waals surface area contributed by atoms with Crippen molar-refractivity contribution in [2.24, 2.45) is 0 Å². The summed E-state index contributed by atoms with van der Waals surface area (Å²) in [5.74, 6) is 0.476. The SMILES string of the molecule is Cc1cnn(CCn2c(N)nc3cc(Br)cnc32)c1. The molecule has 0 saturated heterocycles. The molecule has 6 nitrogen and oxygen atoms in total. The van der Waals surface area contributed by atoms with E-state index in [0.29, 0.717) is 12.5 Å². The van der Waals surface area contributed by atoms with Crippen LogP contribution in [0.2, 0.25) is 0 Å². The maximum absolute atomic E-state index is 5.94. The summed E-state index contributed by atoms with van der Waals surface area (Å²) in [6.07, 6.45) is 5.59. The molecule has 2 N–H and O–H groups in total. The molecule has 0 atom stereocenters. The summed E-state index contributed by atoms with van der Waals surface area (Å²) in [5, 5.41) is 4.25. The lowest BCUT2D eigenvalue weighted by molar-refractivity contribution is 0.543. The fraction of sp³-hybridized carbons (Fsp3) is 0.250. The molecule has 3 rings (SSSR count). The number of imidazole rings is 1. The Morgan fingerprint density at radius 1 is 1.32 bits per heavy atom. The van der Waals surface area contributed by atoms with Gasteiger partial charge in [0.25, 0.3) is 0 Å². The molecule has 0 aliphatic rings. The summed E-state index contributed by atoms with van der Waals surface area (Å²) in [4.78, 5) is 8.67. The summed E-state index contributed by atoms with van der Waals surface area (Å²) in [6.45, 7) is 3.45. The molecule has 3 heterocycles. The van der Waals surface area contributed by atoms with Crippen LogP contribution in [0.3, 0.4) is 0 Å². The highest BCUT2D eigenvalue weighted by Gasteiger charge is 2.09. The number of halogens is 1. The van der Waals surface area contributed by atoms with Gasteiger partial charge in [-0.25, -0.2) is 9.97 Å². The van der Waals surface area contributed by atoms with E-state index in [0.717, 1.165) is 27.7 Å². The van der Waals surface area contributed by atoms with Gasteiger partial charge in [-0.05, 0) is 34.5 Å². The van der Waals surface area contributed by atoms with Gasteiger partial charge in [0.2, 0.25) is 5.95 Å². The second kappa shape index (κ2) is 4.65. The molecule has 0 radical (unpaired) electrons. The topological polar surface area (TPSA) is 74.5 Å². The predicted molar refractivity (Wildman–Crippen MR) is 76.6 cm³/mol. The van der Waals surface area contributed by atoms with Gasteiger partial charge in [-0.15, -0.1) is 0 Å². The minimum absolute atomic E-state index is 0.476. The van der Waals surface area contributed by atoms with E-state index < -0.39 is 0 Å². The van der Waals surface area contributed by atoms with Crippen molar-refractivity contribution in [1.82, 2.24) is 24.3 Å². The van der Waals surface area contributed by atoms with Gasteiger partial charge in [0.05, 0.1) is 12.7 Å². The lowest BCUT2D eigenvalue weighted by atomic mass is 10.4. The Hall–Kier alpha value is -1.89. The van der Waals surface area contributed by atoms with Gasteiger partial charge in [-0.3, -0.25) is 9.25 Å². The van der Waals surface area contributed by atoms with Crippen LogP contribution in [0.5, 0.6) is 0 Å². The lowest BCUT2D eigenvalue weighted by Crippen LogP contribution is -2.10. The first kappa shape index (κ1) is 12.2. The van der Waals surface area contributed by atoms with E-state index in [-0.39, 0.29) is 0 Å². The molecule has 0 amide bonds. The van der Waals surface area contributed by atoms with Gasteiger partial charge < -0.3 is 5.73 Å². The number of nitrogens with zero attached hydrogens (tertiary/aromatic N) is 5. The molecular formula is C12H13BrN6. The van der Waals surface area contributed by atoms with Gasteiger partial charge in [0.1, 0.15) is 5.52 Å². The number of anilines is 1. The Labute approximate surface area is 118 Å². The molecule has 7 heteroatoms. The molecule has 3 aromatic heterocycles. The van der Waals surface area contributed by atoms with Crippen molar-refractivity contribution >= 4 is 33.0 Å². The number of aryl methyl sites for hydroxylation is 3. The Morgan fingerprint density at radius 3 is 2.89 bits per heavy atom. The normalized spacial score (nSPS) is 11.3. The van der Waals surface area contributed by atoms with Gasteiger partial charge in [0.15, 0.2) is 5.65 Å². The Morgan fingerprint density at radius 2 is 2.16 bits per heavy atom. The van der Waals surface area contributed by atoms with E-state index in [1.54, 1.807) is 6.20 Å². The van der Waals surface area contributed by atoms with Crippen LogP contribution in [0.4, 0.5) is 5.95 Å². The quantitative estimate of drug-likeness (QED) is 0.800. The Balaban J connectivity index is 1.90. The van der Waals surface area contributed by atoms with Crippen LogP contribution in [0.25, 0.3) is 11.2 Å². The number of nitrogens with two attached hydrogens (primary N) is 1. The molecule has 0 aliphatic heterocycles. The summed E-state index contributed by atoms with van der Waals surface area (Å²) >= 11 is 3.38. The first-order chi connectivity index (χ1) is 9.13. The van der Waals surface area contributed by atoms with Crippen LogP contribution in [0.1, 0.15) is 5.56 Å². The van der Waals surface area contributed by atoms with E-state index in [1.165, 1.54) is 0 Å². The highest BCUT2D eigenvalue weighted by atomic mass is 79.9. The zero-order chi connectivity index (χ0) is 13.4. The third-order valence-corrected chi connectivity index (χ3v) is 3.33. The van der Waals surface area contributed by atoms with E-state index in [4.69, 9.17) is 5.73 Å². The molecule has 0 saturated carbocycles. The second-order valence-electron chi connectivity index (χ2n) is 4.40. The molecule has 0 aliphatic carbocycles. The zero-order valence-corrected chi connectivity index (χ0v) is 12.0. The van der Waals surface area contributed by atoms with E-state index >= 15 is 0 Å². The molecule has 19 heavy (non-hydrogen) atoms. The van der Waals surface area contributed by atoms with Crippen molar-refractivity contribution in [2.45, 2.75) is 20.0 Å². The number of hydrogen-bond donors (Lipinski definition) is 1. The lowest BCUT2D eigenvalue weighted by Gasteiger charge is -2.05. The number of rotatable bonds is 3. The van der Waals surface area contributed by atoms with Crippen LogP contribution < -0.4 is 5.73 Å². The minimum Gasteiger partial charge on any atom is -0.369 e. The zero-order valence-electron chi connectivity index (χ0n) is 10.4. The van der Waals surface area contributed by atoms with Crippen molar-refractivity contribution in [3.05, 3.63) is 34.7 Å². The second-order valence-corrected chi connectivity index (χ2v) is 5.31. The first-order valence-electron chi connectivity index (χ1n) is 5.90. The molecule has 98 valence electrons. The number of nitrogen functional groups attached to an aromatic ring is 1. The van der Waals surface area contributed by atoms with Crippen molar-refractivity contribution in [3.63, 3.8) is 0 Å². The third kappa shape index (κ3) is 2.33. The molecule has 0 unspecified atom stereocenters. The van der Waals surface area contributed by atoms with Crippen LogP contribution in [-0.2, 0) is 13.1 Å². The minimum atomic E-state index is 0.476. The summed E-state index contributed by atoms with van der Waals surface area (Å²) < 4.78 is 4.69. The van der Waals surface area contributed by atoms with E-state index in [2.05, 4.69) is 31.0 Å². The van der Waals surface area contributed by atoms with Crippen LogP contribution in [-0.4, -0.2) is 24.3 Å². The van der Waals surface area contributed by atoms with Crippen molar-refractivity contribution in [1.29, 1.82) is 0 Å². The predicted octanol–water partition coefficient (Wildman–Crippen LogP) is 1.98. The van der Waals surface area contributed by atoms with Crippen molar-refractivity contribution < 1.29 is 0 Å². The Bertz CT molecular complexity index is 729. The van der Waals surface area contributed by atoms with Gasteiger partial charge >= 0.3 is 0 Å². The largest absolute Gasteiger partial charge is 0.369 e. The number of fused-ring (bicyclic) bond motifs is 1. The monoisotopic (exact) mass is 320 g/mol. The van der Waals surface area contributed by atoms with Crippen LogP contribution in [0, 0.1) is 6.92 Å². The van der Waals surface area contributed by atoms with Crippen LogP contribution in [0.15, 0.2) is 29.1 Å². The number of aromatic nitrogens is 5. The molecule has 0 aromatic carbocycles. The standard InChI is InChI=1S/C12H13BrN6/c1-8-5-16-18(7-8)2-3-19-11-10(17-12(19)14)4-9(13)6-15-11/h4-7H,2-3H2,1H3,(H2,14,17). The van der Waals surface area contributed by atoms with Gasteiger partial charge in [-0.2, -0.15) is 5.10 Å². The average Bonchev–Trinajstić information content (AvgIpc) is 2.89.